The third-order valence-electron chi connectivity index (χ3n) is 9.48. The lowest BCUT2D eigenvalue weighted by Crippen LogP contribution is -2.57. The molecule has 3 N–H and O–H groups in total. The number of carbonyl (C=O) groups is 1. The molecule has 1 aliphatic carbocycles. The van der Waals surface area contributed by atoms with Crippen molar-refractivity contribution in [3.63, 3.8) is 0 Å². The Morgan fingerprint density at radius 1 is 1.20 bits per heavy atom. The zero-order valence-corrected chi connectivity index (χ0v) is 24.6. The Morgan fingerprint density at radius 3 is 2.75 bits per heavy atom. The molecule has 5 rings (SSSR count). The zero-order chi connectivity index (χ0) is 28.7. The van der Waals surface area contributed by atoms with Crippen LogP contribution in [0.3, 0.4) is 0 Å². The summed E-state index contributed by atoms with van der Waals surface area (Å²) < 4.78 is 25.7. The fourth-order valence-electron chi connectivity index (χ4n) is 7.26. The number of nitrogens with zero attached hydrogens (tertiary/aromatic N) is 1. The lowest BCUT2D eigenvalue weighted by Gasteiger charge is -2.49. The van der Waals surface area contributed by atoms with Crippen molar-refractivity contribution in [2.45, 2.75) is 115 Å². The summed E-state index contributed by atoms with van der Waals surface area (Å²) in [6.45, 7) is 10.7. The van der Waals surface area contributed by atoms with E-state index in [4.69, 9.17) is 24.8 Å². The number of carbonyl (C=O) groups excluding carboxylic acids is 1. The largest absolute Gasteiger partial charge is 0.462 e. The van der Waals surface area contributed by atoms with Crippen molar-refractivity contribution in [3.05, 3.63) is 47.1 Å². The van der Waals surface area contributed by atoms with Gasteiger partial charge in [-0.3, -0.25) is 4.79 Å². The molecule has 8 nitrogen and oxygen atoms in total. The van der Waals surface area contributed by atoms with E-state index in [1.165, 1.54) is 5.57 Å². The normalized spacial score (nSPS) is 47.0. The topological polar surface area (TPSA) is 113 Å². The van der Waals surface area contributed by atoms with E-state index < -0.39 is 35.5 Å². The highest BCUT2D eigenvalue weighted by Crippen LogP contribution is 2.46. The predicted octanol–water partition coefficient (Wildman–Crippen LogP) is 4.88. The molecule has 0 unspecified atom stereocenters. The number of nitrogens with two attached hydrogens (primary N) is 1. The molecule has 0 radical (unpaired) electrons. The van der Waals surface area contributed by atoms with Crippen LogP contribution in [0.1, 0.15) is 79.6 Å². The fourth-order valence-corrected chi connectivity index (χ4v) is 7.26. The highest BCUT2D eigenvalue weighted by Gasteiger charge is 2.59. The van der Waals surface area contributed by atoms with E-state index in [9.17, 15) is 9.90 Å². The van der Waals surface area contributed by atoms with Crippen LogP contribution in [0.5, 0.6) is 0 Å². The number of allylic oxidation sites excluding steroid dienone is 4. The summed E-state index contributed by atoms with van der Waals surface area (Å²) in [6, 6.07) is 0. The second-order valence-corrected chi connectivity index (χ2v) is 12.6. The molecule has 4 aliphatic heterocycles. The van der Waals surface area contributed by atoms with E-state index in [2.05, 4.69) is 44.9 Å². The molecule has 4 heterocycles. The van der Waals surface area contributed by atoms with E-state index >= 15 is 0 Å². The second kappa shape index (κ2) is 11.6. The van der Waals surface area contributed by atoms with Gasteiger partial charge < -0.3 is 29.9 Å². The third kappa shape index (κ3) is 5.48. The van der Waals surface area contributed by atoms with E-state index in [1.54, 1.807) is 6.08 Å². The van der Waals surface area contributed by atoms with Crippen LogP contribution in [0.2, 0.25) is 0 Å². The van der Waals surface area contributed by atoms with Crippen LogP contribution >= 0.6 is 0 Å². The van der Waals surface area contributed by atoms with Gasteiger partial charge in [-0.2, -0.15) is 5.10 Å². The molecule has 0 amide bonds. The van der Waals surface area contributed by atoms with Crippen LogP contribution < -0.4 is 5.84 Å². The molecule has 0 saturated carbocycles. The molecule has 0 aromatic rings. The monoisotopic (exact) mass is 554 g/mol. The summed E-state index contributed by atoms with van der Waals surface area (Å²) in [5, 5.41) is 16.1. The van der Waals surface area contributed by atoms with Crippen molar-refractivity contribution < 1.29 is 28.8 Å². The van der Waals surface area contributed by atoms with Crippen molar-refractivity contribution in [1.29, 1.82) is 0 Å². The van der Waals surface area contributed by atoms with Crippen LogP contribution in [0.25, 0.3) is 0 Å². The first-order valence-electron chi connectivity index (χ1n) is 15.0. The van der Waals surface area contributed by atoms with Crippen molar-refractivity contribution >= 4 is 11.7 Å². The quantitative estimate of drug-likeness (QED) is 0.206. The highest BCUT2D eigenvalue weighted by molar-refractivity contribution is 6.07. The summed E-state index contributed by atoms with van der Waals surface area (Å²) in [6.07, 6.45) is 14.0. The average molecular weight is 555 g/mol. The van der Waals surface area contributed by atoms with Gasteiger partial charge in [-0.1, -0.05) is 56.7 Å². The van der Waals surface area contributed by atoms with Gasteiger partial charge in [-0.15, -0.1) is 0 Å². The minimum absolute atomic E-state index is 0.106. The fraction of sp³-hybridized carbons (Fsp3) is 0.688. The SMILES string of the molecule is CC[C@H]1O[C@]2(CC[C@@H]1C)C[C@@H]1C[C@@H](C/C=C(\C)C[C@@H](C)/C=C/C=C3\CO[C@@H]4/C(=N\N)C(C)=C[C@@H](C(=O)O1)[C@]34O)O2. The van der Waals surface area contributed by atoms with Gasteiger partial charge in [0.15, 0.2) is 5.79 Å². The average Bonchev–Trinajstić information content (AvgIpc) is 3.24. The first-order valence-corrected chi connectivity index (χ1v) is 15.0. The molecule has 9 atom stereocenters. The molecule has 220 valence electrons. The van der Waals surface area contributed by atoms with E-state index in [-0.39, 0.29) is 18.8 Å². The lowest BCUT2D eigenvalue weighted by molar-refractivity contribution is -0.335. The molecule has 3 saturated heterocycles. The van der Waals surface area contributed by atoms with E-state index in [1.807, 2.05) is 19.1 Å². The van der Waals surface area contributed by atoms with Gasteiger partial charge in [0.25, 0.3) is 0 Å². The third-order valence-corrected chi connectivity index (χ3v) is 9.48. The molecule has 0 aromatic heterocycles. The van der Waals surface area contributed by atoms with Crippen molar-refractivity contribution in [2.24, 2.45) is 28.7 Å². The van der Waals surface area contributed by atoms with Crippen LogP contribution in [0.4, 0.5) is 0 Å². The summed E-state index contributed by atoms with van der Waals surface area (Å²) in [4.78, 5) is 14.0. The molecular formula is C32H46N2O6. The Labute approximate surface area is 238 Å². The molecule has 40 heavy (non-hydrogen) atoms. The van der Waals surface area contributed by atoms with Crippen LogP contribution in [0.15, 0.2) is 52.2 Å². The molecule has 2 bridgehead atoms. The highest BCUT2D eigenvalue weighted by atomic mass is 16.7. The first kappa shape index (κ1) is 29.2. The smallest absolute Gasteiger partial charge is 0.316 e. The Balaban J connectivity index is 1.53. The number of ether oxygens (including phenoxy) is 4. The van der Waals surface area contributed by atoms with Crippen molar-refractivity contribution in [2.75, 3.05) is 6.61 Å². The Kier molecular flexibility index (Phi) is 8.44. The Hall–Kier alpha value is -2.26. The number of hydrogen-bond acceptors (Lipinski definition) is 8. The maximum atomic E-state index is 14.0. The van der Waals surface area contributed by atoms with E-state index in [0.29, 0.717) is 41.5 Å². The van der Waals surface area contributed by atoms with E-state index in [0.717, 1.165) is 32.1 Å². The summed E-state index contributed by atoms with van der Waals surface area (Å²) >= 11 is 0. The minimum Gasteiger partial charge on any atom is -0.462 e. The minimum atomic E-state index is -1.64. The molecular weight excluding hydrogens is 508 g/mol. The number of hydrogen-bond donors (Lipinski definition) is 2. The van der Waals surface area contributed by atoms with Gasteiger partial charge in [0, 0.05) is 19.3 Å². The second-order valence-electron chi connectivity index (χ2n) is 12.6. The van der Waals surface area contributed by atoms with Crippen LogP contribution in [-0.2, 0) is 23.7 Å². The summed E-state index contributed by atoms with van der Waals surface area (Å²) in [5.74, 6) is 4.26. The van der Waals surface area contributed by atoms with Gasteiger partial charge in [-0.05, 0) is 62.5 Å². The standard InChI is InChI=1S/C32H46N2O6/c1-6-27-21(4)12-13-31(40-27)17-25-16-24(39-31)11-10-20(3)14-19(2)8-7-9-23-18-37-29-28(34-33)22(5)15-26(30(35)38-25)32(23,29)36/h7-10,15,19,21,24-27,29,36H,6,11-14,16-18,33H2,1-5H3/b8-7+,20-10+,23-9+,34-28-/t19-,21-,24+,25-,26-,27+,29+,31+,32+/m0/s1. The summed E-state index contributed by atoms with van der Waals surface area (Å²) in [5.41, 5.74) is 1.42. The molecule has 8 heteroatoms. The van der Waals surface area contributed by atoms with Gasteiger partial charge in [0.2, 0.25) is 0 Å². The number of rotatable bonds is 1. The van der Waals surface area contributed by atoms with Gasteiger partial charge >= 0.3 is 5.97 Å². The number of hydrazone groups is 1. The first-order chi connectivity index (χ1) is 19.1. The van der Waals surface area contributed by atoms with Crippen LogP contribution in [-0.4, -0.2) is 59.2 Å². The number of aliphatic hydroxyl groups is 1. The number of fused-ring (bicyclic) bond motifs is 2. The maximum Gasteiger partial charge on any atom is 0.316 e. The van der Waals surface area contributed by atoms with Gasteiger partial charge in [-0.25, -0.2) is 0 Å². The number of esters is 1. The van der Waals surface area contributed by atoms with Gasteiger partial charge in [0.05, 0.1) is 24.5 Å². The zero-order valence-electron chi connectivity index (χ0n) is 24.6. The molecule has 1 spiro atoms. The van der Waals surface area contributed by atoms with Crippen LogP contribution in [0, 0.1) is 17.8 Å². The summed E-state index contributed by atoms with van der Waals surface area (Å²) in [7, 11) is 0. The molecule has 3 fully saturated rings. The molecule has 5 aliphatic rings. The van der Waals surface area contributed by atoms with Crippen molar-refractivity contribution in [3.8, 4) is 0 Å². The Morgan fingerprint density at radius 2 is 2.00 bits per heavy atom. The predicted molar refractivity (Wildman–Crippen MR) is 153 cm³/mol. The maximum absolute atomic E-state index is 14.0. The van der Waals surface area contributed by atoms with Crippen molar-refractivity contribution in [1.82, 2.24) is 0 Å². The lowest BCUT2D eigenvalue weighted by atomic mass is 9.71. The molecule has 0 aromatic carbocycles. The Bertz CT molecular complexity index is 1140. The van der Waals surface area contributed by atoms with Gasteiger partial charge in [0.1, 0.15) is 23.7 Å².